The minimum Gasteiger partial charge on any atom is -0.312 e. The van der Waals surface area contributed by atoms with Gasteiger partial charge < -0.3 is 5.32 Å². The fourth-order valence-electron chi connectivity index (χ4n) is 2.09. The second-order valence-corrected chi connectivity index (χ2v) is 6.84. The van der Waals surface area contributed by atoms with Crippen LogP contribution in [-0.4, -0.2) is 32.5 Å². The molecule has 2 aromatic carbocycles. The Hall–Kier alpha value is -1.70. The SMILES string of the molecule is Brc1cccc(CNCCSc2nnnn2-c2ccccc2)c1. The van der Waals surface area contributed by atoms with E-state index < -0.39 is 0 Å². The van der Waals surface area contributed by atoms with Crippen molar-refractivity contribution in [3.8, 4) is 5.69 Å². The van der Waals surface area contributed by atoms with Gasteiger partial charge in [-0.05, 0) is 40.3 Å². The topological polar surface area (TPSA) is 55.6 Å². The number of hydrogen-bond acceptors (Lipinski definition) is 5. The number of hydrogen-bond donors (Lipinski definition) is 1. The molecule has 0 spiro atoms. The summed E-state index contributed by atoms with van der Waals surface area (Å²) < 4.78 is 2.87. The van der Waals surface area contributed by atoms with Gasteiger partial charge in [-0.2, -0.15) is 4.68 Å². The maximum atomic E-state index is 4.09. The van der Waals surface area contributed by atoms with E-state index in [1.165, 1.54) is 5.56 Å². The van der Waals surface area contributed by atoms with Crippen LogP contribution in [0.2, 0.25) is 0 Å². The van der Waals surface area contributed by atoms with Crippen molar-refractivity contribution in [1.29, 1.82) is 0 Å². The van der Waals surface area contributed by atoms with Gasteiger partial charge in [0.2, 0.25) is 5.16 Å². The minimum absolute atomic E-state index is 0.806. The number of tetrazole rings is 1. The third-order valence-electron chi connectivity index (χ3n) is 3.17. The van der Waals surface area contributed by atoms with Crippen LogP contribution in [0.3, 0.4) is 0 Å². The Kier molecular flexibility index (Phi) is 5.79. The maximum absolute atomic E-state index is 4.09. The smallest absolute Gasteiger partial charge is 0.214 e. The zero-order chi connectivity index (χ0) is 15.9. The molecule has 1 heterocycles. The normalized spacial score (nSPS) is 10.8. The molecule has 0 saturated carbocycles. The van der Waals surface area contributed by atoms with Gasteiger partial charge in [0, 0.05) is 23.3 Å². The Morgan fingerprint density at radius 1 is 1.09 bits per heavy atom. The number of thioether (sulfide) groups is 1. The van der Waals surface area contributed by atoms with E-state index in [1.807, 2.05) is 42.5 Å². The number of para-hydroxylation sites is 1. The average Bonchev–Trinajstić information content (AvgIpc) is 3.04. The molecule has 0 aliphatic rings. The van der Waals surface area contributed by atoms with Crippen molar-refractivity contribution in [3.63, 3.8) is 0 Å². The highest BCUT2D eigenvalue weighted by Crippen LogP contribution is 2.17. The van der Waals surface area contributed by atoms with Crippen molar-refractivity contribution < 1.29 is 0 Å². The van der Waals surface area contributed by atoms with Crippen LogP contribution in [0.1, 0.15) is 5.56 Å². The number of benzene rings is 2. The summed E-state index contributed by atoms with van der Waals surface area (Å²) in [6.45, 7) is 1.74. The van der Waals surface area contributed by atoms with E-state index in [0.29, 0.717) is 0 Å². The highest BCUT2D eigenvalue weighted by Gasteiger charge is 2.07. The third kappa shape index (κ3) is 4.63. The molecule has 3 rings (SSSR count). The molecule has 7 heteroatoms. The lowest BCUT2D eigenvalue weighted by Gasteiger charge is -2.06. The van der Waals surface area contributed by atoms with Crippen LogP contribution in [-0.2, 0) is 6.54 Å². The molecule has 3 aromatic rings. The quantitative estimate of drug-likeness (QED) is 0.496. The Labute approximate surface area is 147 Å². The van der Waals surface area contributed by atoms with Crippen LogP contribution in [0, 0.1) is 0 Å². The molecule has 1 N–H and O–H groups in total. The summed E-state index contributed by atoms with van der Waals surface area (Å²) in [7, 11) is 0. The first-order valence-corrected chi connectivity index (χ1v) is 9.02. The maximum Gasteiger partial charge on any atom is 0.214 e. The number of nitrogens with zero attached hydrogens (tertiary/aromatic N) is 4. The summed E-state index contributed by atoms with van der Waals surface area (Å²) in [6, 6.07) is 18.2. The van der Waals surface area contributed by atoms with E-state index in [2.05, 4.69) is 48.9 Å². The summed E-state index contributed by atoms with van der Waals surface area (Å²) in [5.41, 5.74) is 2.24. The highest BCUT2D eigenvalue weighted by molar-refractivity contribution is 9.10. The molecule has 0 aliphatic heterocycles. The van der Waals surface area contributed by atoms with Crippen LogP contribution in [0.4, 0.5) is 0 Å². The molecule has 118 valence electrons. The van der Waals surface area contributed by atoms with Crippen LogP contribution >= 0.6 is 27.7 Å². The van der Waals surface area contributed by atoms with Gasteiger partial charge in [-0.15, -0.1) is 5.10 Å². The third-order valence-corrected chi connectivity index (χ3v) is 4.58. The second-order valence-electron chi connectivity index (χ2n) is 4.86. The predicted octanol–water partition coefficient (Wildman–Crippen LogP) is 3.31. The molecule has 0 radical (unpaired) electrons. The lowest BCUT2D eigenvalue weighted by Crippen LogP contribution is -2.16. The van der Waals surface area contributed by atoms with Gasteiger partial charge in [0.15, 0.2) is 0 Å². The second kappa shape index (κ2) is 8.24. The van der Waals surface area contributed by atoms with E-state index in [9.17, 15) is 0 Å². The number of rotatable bonds is 7. The zero-order valence-electron chi connectivity index (χ0n) is 12.4. The van der Waals surface area contributed by atoms with Gasteiger partial charge in [-0.3, -0.25) is 0 Å². The molecule has 23 heavy (non-hydrogen) atoms. The molecular weight excluding hydrogens is 374 g/mol. The monoisotopic (exact) mass is 389 g/mol. The first kappa shape index (κ1) is 16.2. The molecule has 0 bridgehead atoms. The van der Waals surface area contributed by atoms with Gasteiger partial charge in [0.1, 0.15) is 0 Å². The Balaban J connectivity index is 1.47. The number of aromatic nitrogens is 4. The average molecular weight is 390 g/mol. The molecule has 0 atom stereocenters. The Bertz CT molecular complexity index is 747. The lowest BCUT2D eigenvalue weighted by atomic mass is 10.2. The first-order chi connectivity index (χ1) is 11.3. The van der Waals surface area contributed by atoms with E-state index in [-0.39, 0.29) is 0 Å². The minimum atomic E-state index is 0.806. The fourth-order valence-corrected chi connectivity index (χ4v) is 3.33. The van der Waals surface area contributed by atoms with Crippen molar-refractivity contribution in [2.75, 3.05) is 12.3 Å². The summed E-state index contributed by atoms with van der Waals surface area (Å²) in [4.78, 5) is 0. The predicted molar refractivity (Wildman–Crippen MR) is 95.7 cm³/mol. The van der Waals surface area contributed by atoms with Crippen molar-refractivity contribution in [2.45, 2.75) is 11.7 Å². The molecule has 5 nitrogen and oxygen atoms in total. The highest BCUT2D eigenvalue weighted by atomic mass is 79.9. The van der Waals surface area contributed by atoms with E-state index in [1.54, 1.807) is 16.4 Å². The van der Waals surface area contributed by atoms with Crippen LogP contribution in [0.15, 0.2) is 64.2 Å². The molecule has 1 aromatic heterocycles. The van der Waals surface area contributed by atoms with Gasteiger partial charge >= 0.3 is 0 Å². The standard InChI is InChI=1S/C16H16BrN5S/c17-14-6-4-5-13(11-14)12-18-9-10-23-16-19-20-21-22(16)15-7-2-1-3-8-15/h1-8,11,18H,9-10,12H2. The first-order valence-electron chi connectivity index (χ1n) is 7.25. The molecule has 0 fully saturated rings. The number of halogens is 1. The molecule has 0 saturated heterocycles. The molecule has 0 aliphatic carbocycles. The van der Waals surface area contributed by atoms with Crippen LogP contribution in [0.25, 0.3) is 5.69 Å². The molecule has 0 amide bonds. The molecular formula is C16H16BrN5S. The van der Waals surface area contributed by atoms with Gasteiger partial charge in [0.25, 0.3) is 0 Å². The van der Waals surface area contributed by atoms with Gasteiger partial charge in [-0.25, -0.2) is 0 Å². The van der Waals surface area contributed by atoms with Crippen LogP contribution in [0.5, 0.6) is 0 Å². The summed E-state index contributed by atoms with van der Waals surface area (Å²) in [5.74, 6) is 0.904. The van der Waals surface area contributed by atoms with Gasteiger partial charge in [-0.1, -0.05) is 58.0 Å². The van der Waals surface area contributed by atoms with Crippen molar-refractivity contribution >= 4 is 27.7 Å². The fraction of sp³-hybridized carbons (Fsp3) is 0.188. The summed E-state index contributed by atoms with van der Waals surface area (Å²) >= 11 is 5.13. The Morgan fingerprint density at radius 2 is 1.96 bits per heavy atom. The summed E-state index contributed by atoms with van der Waals surface area (Å²) in [6.07, 6.45) is 0. The zero-order valence-corrected chi connectivity index (χ0v) is 14.8. The van der Waals surface area contributed by atoms with Crippen molar-refractivity contribution in [3.05, 3.63) is 64.6 Å². The summed E-state index contributed by atoms with van der Waals surface area (Å²) in [5, 5.41) is 16.2. The van der Waals surface area contributed by atoms with E-state index in [0.717, 1.165) is 34.2 Å². The van der Waals surface area contributed by atoms with Gasteiger partial charge in [0.05, 0.1) is 5.69 Å². The largest absolute Gasteiger partial charge is 0.312 e. The lowest BCUT2D eigenvalue weighted by molar-refractivity contribution is 0.727. The van der Waals surface area contributed by atoms with E-state index in [4.69, 9.17) is 0 Å². The number of nitrogens with one attached hydrogen (secondary N) is 1. The van der Waals surface area contributed by atoms with Crippen molar-refractivity contribution in [2.24, 2.45) is 0 Å². The van der Waals surface area contributed by atoms with E-state index >= 15 is 0 Å². The van der Waals surface area contributed by atoms with Crippen LogP contribution < -0.4 is 5.32 Å². The molecule has 0 unspecified atom stereocenters. The Morgan fingerprint density at radius 3 is 2.78 bits per heavy atom. The van der Waals surface area contributed by atoms with Crippen molar-refractivity contribution in [1.82, 2.24) is 25.5 Å².